The Hall–Kier alpha value is -0.980. The van der Waals surface area contributed by atoms with Gasteiger partial charge in [-0.15, -0.1) is 11.8 Å². The third kappa shape index (κ3) is 3.56. The largest absolute Gasteiger partial charge is 0.280 e. The molecule has 0 saturated heterocycles. The fraction of sp³-hybridized carbons (Fsp3) is 0.143. The van der Waals surface area contributed by atoms with Crippen LogP contribution in [0, 0.1) is 6.92 Å². The minimum Gasteiger partial charge on any atom is -0.280 e. The van der Waals surface area contributed by atoms with E-state index in [2.05, 4.69) is 20.7 Å². The molecule has 3 nitrogen and oxygen atoms in total. The molecule has 0 spiro atoms. The third-order valence-corrected chi connectivity index (χ3v) is 5.54. The van der Waals surface area contributed by atoms with Crippen LogP contribution in [0.2, 0.25) is 0 Å². The van der Waals surface area contributed by atoms with Gasteiger partial charge in [-0.1, -0.05) is 22.0 Å². The molecular weight excluding hydrogens is 358 g/mol. The summed E-state index contributed by atoms with van der Waals surface area (Å²) in [7, 11) is -3.57. The normalized spacial score (nSPS) is 11.3. The van der Waals surface area contributed by atoms with E-state index in [0.29, 0.717) is 11.3 Å². The van der Waals surface area contributed by atoms with Crippen molar-refractivity contribution >= 4 is 43.4 Å². The number of aryl methyl sites for hydroxylation is 1. The molecule has 0 radical (unpaired) electrons. The lowest BCUT2D eigenvalue weighted by Crippen LogP contribution is -2.14. The van der Waals surface area contributed by atoms with Gasteiger partial charge in [0.2, 0.25) is 0 Å². The van der Waals surface area contributed by atoms with Crippen molar-refractivity contribution in [3.63, 3.8) is 0 Å². The number of thioether (sulfide) groups is 1. The third-order valence-electron chi connectivity index (χ3n) is 2.78. The van der Waals surface area contributed by atoms with Crippen molar-refractivity contribution in [1.82, 2.24) is 0 Å². The van der Waals surface area contributed by atoms with Gasteiger partial charge < -0.3 is 0 Å². The fourth-order valence-electron chi connectivity index (χ4n) is 1.73. The SMILES string of the molecule is CSc1ccc(NS(=O)(=O)c2cc(Br)ccc2C)cc1. The predicted molar refractivity (Wildman–Crippen MR) is 87.9 cm³/mol. The Bertz CT molecular complexity index is 712. The minimum atomic E-state index is -3.57. The molecule has 0 aromatic heterocycles. The first-order valence-corrected chi connectivity index (χ1v) is 9.35. The minimum absolute atomic E-state index is 0.279. The molecule has 1 N–H and O–H groups in total. The number of rotatable bonds is 4. The fourth-order valence-corrected chi connectivity index (χ4v) is 3.98. The van der Waals surface area contributed by atoms with Gasteiger partial charge in [0.05, 0.1) is 4.90 Å². The standard InChI is InChI=1S/C14H14BrNO2S2/c1-10-3-4-11(15)9-14(10)20(17,18)16-12-5-7-13(19-2)8-6-12/h3-9,16H,1-2H3. The van der Waals surface area contributed by atoms with Gasteiger partial charge in [0.25, 0.3) is 10.0 Å². The van der Waals surface area contributed by atoms with Crippen molar-refractivity contribution in [2.24, 2.45) is 0 Å². The Morgan fingerprint density at radius 1 is 1.10 bits per heavy atom. The highest BCUT2D eigenvalue weighted by Gasteiger charge is 2.17. The van der Waals surface area contributed by atoms with Crippen LogP contribution in [0.5, 0.6) is 0 Å². The van der Waals surface area contributed by atoms with Gasteiger partial charge in [0, 0.05) is 15.1 Å². The molecule has 6 heteroatoms. The molecule has 0 aliphatic rings. The number of anilines is 1. The van der Waals surface area contributed by atoms with E-state index < -0.39 is 10.0 Å². The Morgan fingerprint density at radius 2 is 1.75 bits per heavy atom. The molecule has 106 valence electrons. The van der Waals surface area contributed by atoms with Gasteiger partial charge in [-0.3, -0.25) is 4.72 Å². The molecule has 0 unspecified atom stereocenters. The zero-order valence-corrected chi connectivity index (χ0v) is 14.3. The van der Waals surface area contributed by atoms with E-state index in [9.17, 15) is 8.42 Å². The van der Waals surface area contributed by atoms with E-state index in [1.54, 1.807) is 43.0 Å². The zero-order valence-electron chi connectivity index (χ0n) is 11.1. The summed E-state index contributed by atoms with van der Waals surface area (Å²) in [6.07, 6.45) is 1.98. The molecule has 0 fully saturated rings. The molecule has 0 amide bonds. The van der Waals surface area contributed by atoms with E-state index in [1.165, 1.54) is 0 Å². The molecular formula is C14H14BrNO2S2. The van der Waals surface area contributed by atoms with Gasteiger partial charge in [-0.2, -0.15) is 0 Å². The summed E-state index contributed by atoms with van der Waals surface area (Å²) < 4.78 is 28.1. The van der Waals surface area contributed by atoms with Crippen LogP contribution >= 0.6 is 27.7 Å². The summed E-state index contributed by atoms with van der Waals surface area (Å²) in [5.74, 6) is 0. The molecule has 0 saturated carbocycles. The van der Waals surface area contributed by atoms with Crippen LogP contribution in [0.1, 0.15) is 5.56 Å². The highest BCUT2D eigenvalue weighted by atomic mass is 79.9. The molecule has 0 heterocycles. The van der Waals surface area contributed by atoms with Crippen molar-refractivity contribution in [1.29, 1.82) is 0 Å². The molecule has 0 atom stereocenters. The summed E-state index contributed by atoms with van der Waals surface area (Å²) >= 11 is 4.91. The first-order valence-electron chi connectivity index (χ1n) is 5.85. The van der Waals surface area contributed by atoms with Gasteiger partial charge >= 0.3 is 0 Å². The van der Waals surface area contributed by atoms with Crippen LogP contribution in [-0.4, -0.2) is 14.7 Å². The van der Waals surface area contributed by atoms with Crippen LogP contribution in [0.4, 0.5) is 5.69 Å². The summed E-state index contributed by atoms with van der Waals surface area (Å²) in [5, 5.41) is 0. The van der Waals surface area contributed by atoms with Crippen LogP contribution in [0.25, 0.3) is 0 Å². The number of nitrogens with one attached hydrogen (secondary N) is 1. The summed E-state index contributed by atoms with van der Waals surface area (Å²) in [6, 6.07) is 12.5. The number of hydrogen-bond acceptors (Lipinski definition) is 3. The molecule has 2 rings (SSSR count). The monoisotopic (exact) mass is 371 g/mol. The molecule has 2 aromatic carbocycles. The van der Waals surface area contributed by atoms with Crippen molar-refractivity contribution < 1.29 is 8.42 Å². The van der Waals surface area contributed by atoms with Crippen LogP contribution in [-0.2, 0) is 10.0 Å². The summed E-state index contributed by atoms with van der Waals surface area (Å²) in [5.41, 5.74) is 1.27. The highest BCUT2D eigenvalue weighted by molar-refractivity contribution is 9.10. The number of benzene rings is 2. The van der Waals surface area contributed by atoms with Crippen molar-refractivity contribution in [3.05, 3.63) is 52.5 Å². The summed E-state index contributed by atoms with van der Waals surface area (Å²) in [6.45, 7) is 1.78. The maximum Gasteiger partial charge on any atom is 0.262 e. The maximum absolute atomic E-state index is 12.4. The number of sulfonamides is 1. The van der Waals surface area contributed by atoms with E-state index in [4.69, 9.17) is 0 Å². The summed E-state index contributed by atoms with van der Waals surface area (Å²) in [4.78, 5) is 1.37. The lowest BCUT2D eigenvalue weighted by atomic mass is 10.2. The second-order valence-electron chi connectivity index (χ2n) is 4.24. The van der Waals surface area contributed by atoms with Crippen molar-refractivity contribution in [2.45, 2.75) is 16.7 Å². The van der Waals surface area contributed by atoms with E-state index in [-0.39, 0.29) is 4.90 Å². The average Bonchev–Trinajstić information content (AvgIpc) is 2.42. The van der Waals surface area contributed by atoms with Crippen molar-refractivity contribution in [2.75, 3.05) is 11.0 Å². The Labute approximate surface area is 132 Å². The van der Waals surface area contributed by atoms with Gasteiger partial charge in [-0.25, -0.2) is 8.42 Å². The quantitative estimate of drug-likeness (QED) is 0.815. The highest BCUT2D eigenvalue weighted by Crippen LogP contribution is 2.24. The van der Waals surface area contributed by atoms with E-state index in [0.717, 1.165) is 9.37 Å². The smallest absolute Gasteiger partial charge is 0.262 e. The van der Waals surface area contributed by atoms with Crippen molar-refractivity contribution in [3.8, 4) is 0 Å². The van der Waals surface area contributed by atoms with E-state index in [1.807, 2.05) is 24.5 Å². The lowest BCUT2D eigenvalue weighted by Gasteiger charge is -2.11. The molecule has 0 aliphatic heterocycles. The zero-order chi connectivity index (χ0) is 14.8. The van der Waals surface area contributed by atoms with Gasteiger partial charge in [-0.05, 0) is 55.1 Å². The second-order valence-corrected chi connectivity index (χ2v) is 7.69. The molecule has 0 aliphatic carbocycles. The lowest BCUT2D eigenvalue weighted by molar-refractivity contribution is 0.600. The maximum atomic E-state index is 12.4. The molecule has 20 heavy (non-hydrogen) atoms. The van der Waals surface area contributed by atoms with Crippen LogP contribution in [0.3, 0.4) is 0 Å². The average molecular weight is 372 g/mol. The van der Waals surface area contributed by atoms with Gasteiger partial charge in [0.15, 0.2) is 0 Å². The Morgan fingerprint density at radius 3 is 2.35 bits per heavy atom. The second kappa shape index (κ2) is 6.20. The number of halogens is 1. The number of hydrogen-bond donors (Lipinski definition) is 1. The first-order chi connectivity index (χ1) is 9.42. The molecule has 0 bridgehead atoms. The Balaban J connectivity index is 2.32. The van der Waals surface area contributed by atoms with Crippen LogP contribution < -0.4 is 4.72 Å². The topological polar surface area (TPSA) is 46.2 Å². The Kier molecular flexibility index (Phi) is 4.78. The predicted octanol–water partition coefficient (Wildman–Crippen LogP) is 4.28. The van der Waals surface area contributed by atoms with Gasteiger partial charge in [0.1, 0.15) is 0 Å². The first kappa shape index (κ1) is 15.4. The van der Waals surface area contributed by atoms with Crippen LogP contribution in [0.15, 0.2) is 56.7 Å². The molecule has 2 aromatic rings. The van der Waals surface area contributed by atoms with E-state index >= 15 is 0 Å².